The van der Waals surface area contributed by atoms with Crippen LogP contribution in [0.5, 0.6) is 0 Å². The van der Waals surface area contributed by atoms with Crippen molar-refractivity contribution < 1.29 is 0 Å². The molecule has 0 atom stereocenters. The minimum Gasteiger partial charge on any atom is -0.236 e. The van der Waals surface area contributed by atoms with Gasteiger partial charge in [0.15, 0.2) is 34.9 Å². The molecule has 0 bridgehead atoms. The Labute approximate surface area is 312 Å². The third kappa shape index (κ3) is 6.87. The third-order valence-electron chi connectivity index (χ3n) is 8.94. The molecule has 3 heterocycles. The van der Waals surface area contributed by atoms with E-state index in [0.29, 0.717) is 34.9 Å². The van der Waals surface area contributed by atoms with Gasteiger partial charge in [-0.15, -0.1) is 0 Å². The van der Waals surface area contributed by atoms with Crippen LogP contribution in [-0.4, -0.2) is 39.9 Å². The van der Waals surface area contributed by atoms with E-state index in [-0.39, 0.29) is 0 Å². The van der Waals surface area contributed by atoms with E-state index in [1.54, 1.807) is 6.33 Å². The van der Waals surface area contributed by atoms with E-state index in [2.05, 4.69) is 9.97 Å². The lowest BCUT2D eigenvalue weighted by Crippen LogP contribution is -2.00. The molecule has 0 unspecified atom stereocenters. The Balaban J connectivity index is 1.00. The summed E-state index contributed by atoms with van der Waals surface area (Å²) < 4.78 is 0. The largest absolute Gasteiger partial charge is 0.236 e. The van der Waals surface area contributed by atoms with Crippen LogP contribution in [0.2, 0.25) is 0 Å². The number of benzene rings is 6. The first-order valence-corrected chi connectivity index (χ1v) is 17.5. The summed E-state index contributed by atoms with van der Waals surface area (Å²) in [4.78, 5) is 38.3. The topological polar surface area (TPSA) is 103 Å². The predicted octanol–water partition coefficient (Wildman–Crippen LogP) is 10.2. The van der Waals surface area contributed by atoms with Gasteiger partial charge in [0.1, 0.15) is 6.33 Å². The lowest BCUT2D eigenvalue weighted by atomic mass is 10.0. The van der Waals surface area contributed by atoms with Crippen LogP contribution in [0.15, 0.2) is 182 Å². The number of hydrogen-bond donors (Lipinski definition) is 0. The fourth-order valence-corrected chi connectivity index (χ4v) is 6.13. The average Bonchev–Trinajstić information content (AvgIpc) is 3.27. The van der Waals surface area contributed by atoms with Crippen LogP contribution in [-0.2, 0) is 0 Å². The molecule has 0 saturated heterocycles. The van der Waals surface area contributed by atoms with Crippen molar-refractivity contribution in [1.29, 1.82) is 0 Å². The standard InChI is InChI=1S/C46H30N8/c1-5-13-33(14-6-1)41-49-42(34-15-7-2-8-16-34)52-45(51-41)37-25-21-31(22-26-37)39-29-40(48-30-47-39)32-23-27-38(28-24-32)46-53-43(35-17-9-3-10-18-35)50-44(54-46)36-19-11-4-12-20-36/h1-30H. The summed E-state index contributed by atoms with van der Waals surface area (Å²) in [6.07, 6.45) is 1.60. The minimum absolute atomic E-state index is 0.600. The molecule has 0 fully saturated rings. The summed E-state index contributed by atoms with van der Waals surface area (Å²) >= 11 is 0. The number of nitrogens with zero attached hydrogens (tertiary/aromatic N) is 8. The first kappa shape index (κ1) is 32.3. The fraction of sp³-hybridized carbons (Fsp3) is 0. The van der Waals surface area contributed by atoms with Gasteiger partial charge in [-0.05, 0) is 6.07 Å². The Kier molecular flexibility index (Phi) is 8.73. The molecular weight excluding hydrogens is 665 g/mol. The molecule has 0 aliphatic rings. The number of aromatic nitrogens is 8. The maximum Gasteiger partial charge on any atom is 0.164 e. The summed E-state index contributed by atoms with van der Waals surface area (Å²) in [5, 5.41) is 0. The highest BCUT2D eigenvalue weighted by Crippen LogP contribution is 2.30. The van der Waals surface area contributed by atoms with Crippen molar-refractivity contribution in [1.82, 2.24) is 39.9 Å². The van der Waals surface area contributed by atoms with E-state index < -0.39 is 0 Å². The fourth-order valence-electron chi connectivity index (χ4n) is 6.13. The Hall–Kier alpha value is -7.58. The molecule has 9 rings (SSSR count). The summed E-state index contributed by atoms with van der Waals surface area (Å²) in [5.41, 5.74) is 8.99. The quantitative estimate of drug-likeness (QED) is 0.155. The maximum absolute atomic E-state index is 4.86. The van der Waals surface area contributed by atoms with Gasteiger partial charge in [0.05, 0.1) is 11.4 Å². The van der Waals surface area contributed by atoms with Crippen LogP contribution in [0.4, 0.5) is 0 Å². The molecule has 0 spiro atoms. The van der Waals surface area contributed by atoms with Gasteiger partial charge in [-0.3, -0.25) is 0 Å². The van der Waals surface area contributed by atoms with E-state index in [4.69, 9.17) is 29.9 Å². The molecule has 0 N–H and O–H groups in total. The summed E-state index contributed by atoms with van der Waals surface area (Å²) in [6.45, 7) is 0. The van der Waals surface area contributed by atoms with Crippen LogP contribution in [0, 0.1) is 0 Å². The van der Waals surface area contributed by atoms with Crippen molar-refractivity contribution in [3.63, 3.8) is 0 Å². The van der Waals surface area contributed by atoms with Crippen molar-refractivity contribution in [2.45, 2.75) is 0 Å². The number of hydrogen-bond acceptors (Lipinski definition) is 8. The summed E-state index contributed by atoms with van der Waals surface area (Å²) in [7, 11) is 0. The van der Waals surface area contributed by atoms with Gasteiger partial charge in [-0.1, -0.05) is 170 Å². The molecule has 8 heteroatoms. The molecule has 0 radical (unpaired) electrons. The van der Waals surface area contributed by atoms with Crippen LogP contribution >= 0.6 is 0 Å². The highest BCUT2D eigenvalue weighted by molar-refractivity contribution is 5.73. The van der Waals surface area contributed by atoms with Gasteiger partial charge < -0.3 is 0 Å². The molecule has 0 saturated carbocycles. The zero-order chi connectivity index (χ0) is 36.1. The van der Waals surface area contributed by atoms with E-state index in [9.17, 15) is 0 Å². The first-order chi connectivity index (χ1) is 26.7. The number of rotatable bonds is 8. The predicted molar refractivity (Wildman–Crippen MR) is 212 cm³/mol. The molecule has 0 amide bonds. The van der Waals surface area contributed by atoms with Crippen LogP contribution < -0.4 is 0 Å². The second-order valence-electron chi connectivity index (χ2n) is 12.5. The van der Waals surface area contributed by atoms with Crippen molar-refractivity contribution in [2.75, 3.05) is 0 Å². The second-order valence-corrected chi connectivity index (χ2v) is 12.5. The lowest BCUT2D eigenvalue weighted by Gasteiger charge is -2.10. The highest BCUT2D eigenvalue weighted by atomic mass is 15.0. The third-order valence-corrected chi connectivity index (χ3v) is 8.94. The molecule has 6 aromatic carbocycles. The van der Waals surface area contributed by atoms with E-state index in [1.165, 1.54) is 0 Å². The van der Waals surface area contributed by atoms with E-state index in [1.807, 2.05) is 176 Å². The van der Waals surface area contributed by atoms with E-state index in [0.717, 1.165) is 55.9 Å². The normalized spacial score (nSPS) is 11.0. The molecule has 0 aliphatic heterocycles. The Bertz CT molecular complexity index is 2370. The SMILES string of the molecule is c1ccc(-c2nc(-c3ccccc3)nc(-c3ccc(-c4cc(-c5ccc(-c6nc(-c7ccccc7)nc(-c7ccccc7)n6)cc5)ncn4)cc3)n2)cc1. The minimum atomic E-state index is 0.600. The Morgan fingerprint density at radius 2 is 0.444 bits per heavy atom. The lowest BCUT2D eigenvalue weighted by molar-refractivity contribution is 1.07. The molecule has 3 aromatic heterocycles. The summed E-state index contributed by atoms with van der Waals surface area (Å²) in [5.74, 6) is 3.69. The Morgan fingerprint density at radius 1 is 0.222 bits per heavy atom. The smallest absolute Gasteiger partial charge is 0.164 e. The molecule has 9 aromatic rings. The van der Waals surface area contributed by atoms with Gasteiger partial charge in [0.2, 0.25) is 0 Å². The molecule has 54 heavy (non-hydrogen) atoms. The monoisotopic (exact) mass is 694 g/mol. The Morgan fingerprint density at radius 3 is 0.704 bits per heavy atom. The molecule has 8 nitrogen and oxygen atoms in total. The van der Waals surface area contributed by atoms with Crippen molar-refractivity contribution in [3.05, 3.63) is 182 Å². The molecule has 0 aliphatic carbocycles. The van der Waals surface area contributed by atoms with Gasteiger partial charge >= 0.3 is 0 Å². The van der Waals surface area contributed by atoms with Crippen molar-refractivity contribution in [2.24, 2.45) is 0 Å². The van der Waals surface area contributed by atoms with Gasteiger partial charge in [-0.2, -0.15) is 0 Å². The van der Waals surface area contributed by atoms with Crippen molar-refractivity contribution in [3.8, 4) is 90.8 Å². The van der Waals surface area contributed by atoms with Gasteiger partial charge in [-0.25, -0.2) is 39.9 Å². The van der Waals surface area contributed by atoms with Gasteiger partial charge in [0, 0.05) is 44.5 Å². The summed E-state index contributed by atoms with van der Waals surface area (Å²) in [6, 6.07) is 58.1. The molecule has 254 valence electrons. The first-order valence-electron chi connectivity index (χ1n) is 17.5. The average molecular weight is 695 g/mol. The zero-order valence-corrected chi connectivity index (χ0v) is 28.9. The molecular formula is C46H30N8. The van der Waals surface area contributed by atoms with Crippen LogP contribution in [0.1, 0.15) is 0 Å². The maximum atomic E-state index is 4.86. The highest BCUT2D eigenvalue weighted by Gasteiger charge is 2.15. The van der Waals surface area contributed by atoms with Crippen LogP contribution in [0.3, 0.4) is 0 Å². The van der Waals surface area contributed by atoms with Gasteiger partial charge in [0.25, 0.3) is 0 Å². The van der Waals surface area contributed by atoms with Crippen molar-refractivity contribution >= 4 is 0 Å². The second kappa shape index (κ2) is 14.6. The van der Waals surface area contributed by atoms with Crippen LogP contribution in [0.25, 0.3) is 90.8 Å². The van der Waals surface area contributed by atoms with E-state index >= 15 is 0 Å². The zero-order valence-electron chi connectivity index (χ0n) is 28.9.